The number of hydrogen-bond donors (Lipinski definition) is 1. The van der Waals surface area contributed by atoms with Gasteiger partial charge in [-0.2, -0.15) is 0 Å². The van der Waals surface area contributed by atoms with Gasteiger partial charge in [0.15, 0.2) is 5.76 Å². The fraction of sp³-hybridized carbons (Fsp3) is 0.0667. The predicted octanol–water partition coefficient (Wildman–Crippen LogP) is 2.48. The highest BCUT2D eigenvalue weighted by Crippen LogP contribution is 2.34. The lowest BCUT2D eigenvalue weighted by atomic mass is 9.88. The van der Waals surface area contributed by atoms with E-state index < -0.39 is 17.3 Å². The van der Waals surface area contributed by atoms with Crippen molar-refractivity contribution in [2.75, 3.05) is 7.11 Å². The third-order valence-electron chi connectivity index (χ3n) is 3.24. The summed E-state index contributed by atoms with van der Waals surface area (Å²) in [7, 11) is 1.36. The lowest BCUT2D eigenvalue weighted by Crippen LogP contribution is -2.24. The molecule has 0 saturated heterocycles. The number of ether oxygens (including phenoxy) is 1. The molecule has 19 heavy (non-hydrogen) atoms. The molecule has 0 atom stereocenters. The Hall–Kier alpha value is -2.62. The monoisotopic (exact) mass is 254 g/mol. The summed E-state index contributed by atoms with van der Waals surface area (Å²) in [6.45, 7) is 0. The summed E-state index contributed by atoms with van der Waals surface area (Å²) in [5, 5.41) is 11.5. The van der Waals surface area contributed by atoms with Crippen molar-refractivity contribution < 1.29 is 19.4 Å². The van der Waals surface area contributed by atoms with E-state index in [4.69, 9.17) is 4.74 Å². The first-order chi connectivity index (χ1) is 9.15. The molecule has 0 heterocycles. The summed E-state index contributed by atoms with van der Waals surface area (Å²) in [4.78, 5) is 23.6. The van der Waals surface area contributed by atoms with Gasteiger partial charge in [-0.1, -0.05) is 30.3 Å². The first kappa shape index (κ1) is 11.5. The van der Waals surface area contributed by atoms with Crippen LogP contribution in [0, 0.1) is 0 Å². The molecule has 1 N–H and O–H groups in total. The highest BCUT2D eigenvalue weighted by molar-refractivity contribution is 6.52. The van der Waals surface area contributed by atoms with E-state index in [0.717, 1.165) is 10.8 Å². The molecule has 0 aromatic heterocycles. The molecule has 4 heteroatoms. The minimum atomic E-state index is -0.931. The van der Waals surface area contributed by atoms with Gasteiger partial charge in [0.25, 0.3) is 5.78 Å². The van der Waals surface area contributed by atoms with Crippen molar-refractivity contribution in [1.29, 1.82) is 0 Å². The van der Waals surface area contributed by atoms with Crippen molar-refractivity contribution in [3.05, 3.63) is 53.3 Å². The largest absolute Gasteiger partial charge is 0.501 e. The van der Waals surface area contributed by atoms with Crippen molar-refractivity contribution in [2.24, 2.45) is 0 Å². The molecule has 2 aromatic carbocycles. The summed E-state index contributed by atoms with van der Waals surface area (Å²) in [6.07, 6.45) is 0. The van der Waals surface area contributed by atoms with E-state index in [1.54, 1.807) is 12.1 Å². The number of carbonyl (C=O) groups is 2. The number of hydrogen-bond acceptors (Lipinski definition) is 4. The molecule has 94 valence electrons. The predicted molar refractivity (Wildman–Crippen MR) is 69.8 cm³/mol. The lowest BCUT2D eigenvalue weighted by molar-refractivity contribution is -0.114. The lowest BCUT2D eigenvalue weighted by Gasteiger charge is -2.19. The number of benzene rings is 2. The number of Topliss-reactive ketones (excluding diaryl/α,β-unsaturated/α-hetero) is 2. The second-order valence-corrected chi connectivity index (χ2v) is 4.25. The minimum Gasteiger partial charge on any atom is -0.501 e. The maximum absolute atomic E-state index is 11.9. The average Bonchev–Trinajstić information content (AvgIpc) is 2.45. The minimum absolute atomic E-state index is 0.0522. The highest BCUT2D eigenvalue weighted by Gasteiger charge is 2.34. The molecule has 0 bridgehead atoms. The molecule has 0 saturated carbocycles. The molecule has 0 amide bonds. The van der Waals surface area contributed by atoms with E-state index in [1.807, 2.05) is 24.3 Å². The van der Waals surface area contributed by atoms with Crippen LogP contribution in [0.15, 0.2) is 42.2 Å². The Bertz CT molecular complexity index is 756. The Morgan fingerprint density at radius 1 is 1.00 bits per heavy atom. The Labute approximate surface area is 108 Å². The van der Waals surface area contributed by atoms with Gasteiger partial charge < -0.3 is 9.84 Å². The molecule has 4 nitrogen and oxygen atoms in total. The number of carbonyl (C=O) groups excluding carboxylic acids is 2. The van der Waals surface area contributed by atoms with Crippen LogP contribution in [0.2, 0.25) is 0 Å². The first-order valence-electron chi connectivity index (χ1n) is 5.73. The van der Waals surface area contributed by atoms with Crippen LogP contribution in [0.3, 0.4) is 0 Å². The summed E-state index contributed by atoms with van der Waals surface area (Å²) < 4.78 is 5.11. The highest BCUT2D eigenvalue weighted by atomic mass is 16.5. The molecule has 0 unspecified atom stereocenters. The van der Waals surface area contributed by atoms with Gasteiger partial charge in [-0.15, -0.1) is 0 Å². The van der Waals surface area contributed by atoms with E-state index in [9.17, 15) is 14.7 Å². The van der Waals surface area contributed by atoms with Crippen LogP contribution in [0.4, 0.5) is 0 Å². The molecule has 0 aliphatic heterocycles. The van der Waals surface area contributed by atoms with Crippen LogP contribution >= 0.6 is 0 Å². The summed E-state index contributed by atoms with van der Waals surface area (Å²) >= 11 is 0. The third-order valence-corrected chi connectivity index (χ3v) is 3.24. The number of allylic oxidation sites excluding steroid dienone is 1. The van der Waals surface area contributed by atoms with Gasteiger partial charge in [0.2, 0.25) is 11.5 Å². The number of fused-ring (bicyclic) bond motifs is 3. The molecule has 0 spiro atoms. The quantitative estimate of drug-likeness (QED) is 0.794. The van der Waals surface area contributed by atoms with Crippen molar-refractivity contribution >= 4 is 28.1 Å². The number of aliphatic hydroxyl groups excluding tert-OH is 1. The Morgan fingerprint density at radius 2 is 1.74 bits per heavy atom. The Kier molecular flexibility index (Phi) is 2.38. The van der Waals surface area contributed by atoms with Gasteiger partial charge in [0, 0.05) is 11.1 Å². The van der Waals surface area contributed by atoms with Crippen molar-refractivity contribution in [1.82, 2.24) is 0 Å². The number of ketones is 2. The smallest absolute Gasteiger partial charge is 0.271 e. The third kappa shape index (κ3) is 1.46. The Balaban J connectivity index is 2.49. The van der Waals surface area contributed by atoms with Crippen molar-refractivity contribution in [3.63, 3.8) is 0 Å². The standard InChI is InChI=1S/C15H10O4/c1-19-15-11-9-5-3-2-4-8(9)6-7-10(11)12(16)13(17)14(15)18/h2-7,18H,1H3. The van der Waals surface area contributed by atoms with Crippen LogP contribution < -0.4 is 0 Å². The number of aliphatic hydroxyl groups is 1. The van der Waals surface area contributed by atoms with Gasteiger partial charge in [-0.25, -0.2) is 0 Å². The van der Waals surface area contributed by atoms with Crippen LogP contribution in [-0.4, -0.2) is 23.8 Å². The molecular formula is C15H10O4. The zero-order chi connectivity index (χ0) is 13.6. The topological polar surface area (TPSA) is 63.6 Å². The molecule has 0 radical (unpaired) electrons. The molecule has 0 fully saturated rings. The SMILES string of the molecule is COC1=C(O)C(=O)C(=O)c2ccc3ccccc3c21. The van der Waals surface area contributed by atoms with E-state index in [2.05, 4.69) is 0 Å². The fourth-order valence-electron chi connectivity index (χ4n) is 2.36. The molecular weight excluding hydrogens is 244 g/mol. The molecule has 1 aliphatic rings. The van der Waals surface area contributed by atoms with Gasteiger partial charge in [-0.05, 0) is 16.8 Å². The second kappa shape index (κ2) is 3.95. The number of methoxy groups -OCH3 is 1. The first-order valence-corrected chi connectivity index (χ1v) is 5.73. The zero-order valence-corrected chi connectivity index (χ0v) is 10.1. The van der Waals surface area contributed by atoms with Crippen molar-refractivity contribution in [3.8, 4) is 0 Å². The van der Waals surface area contributed by atoms with Crippen LogP contribution in [0.5, 0.6) is 0 Å². The fourth-order valence-corrected chi connectivity index (χ4v) is 2.36. The van der Waals surface area contributed by atoms with Gasteiger partial charge >= 0.3 is 0 Å². The van der Waals surface area contributed by atoms with Crippen LogP contribution in [0.25, 0.3) is 16.5 Å². The second-order valence-electron chi connectivity index (χ2n) is 4.25. The average molecular weight is 254 g/mol. The van der Waals surface area contributed by atoms with E-state index in [1.165, 1.54) is 7.11 Å². The van der Waals surface area contributed by atoms with Crippen molar-refractivity contribution in [2.45, 2.75) is 0 Å². The van der Waals surface area contributed by atoms with Crippen LogP contribution in [-0.2, 0) is 9.53 Å². The molecule has 3 rings (SSSR count). The Morgan fingerprint density at radius 3 is 2.47 bits per heavy atom. The van der Waals surface area contributed by atoms with E-state index in [-0.39, 0.29) is 11.3 Å². The van der Waals surface area contributed by atoms with Gasteiger partial charge in [-0.3, -0.25) is 9.59 Å². The maximum Gasteiger partial charge on any atom is 0.271 e. The van der Waals surface area contributed by atoms with E-state index >= 15 is 0 Å². The van der Waals surface area contributed by atoms with Crippen LogP contribution in [0.1, 0.15) is 15.9 Å². The van der Waals surface area contributed by atoms with Gasteiger partial charge in [0.05, 0.1) is 7.11 Å². The van der Waals surface area contributed by atoms with Gasteiger partial charge in [0.1, 0.15) is 0 Å². The zero-order valence-electron chi connectivity index (χ0n) is 10.1. The summed E-state index contributed by atoms with van der Waals surface area (Å²) in [6, 6.07) is 10.8. The maximum atomic E-state index is 11.9. The normalized spacial score (nSPS) is 14.8. The summed E-state index contributed by atoms with van der Waals surface area (Å²) in [5.41, 5.74) is 0.737. The number of rotatable bonds is 1. The van der Waals surface area contributed by atoms with E-state index in [0.29, 0.717) is 5.56 Å². The molecule has 1 aliphatic carbocycles. The summed E-state index contributed by atoms with van der Waals surface area (Å²) in [5.74, 6) is -2.22. The molecule has 2 aromatic rings.